The highest BCUT2D eigenvalue weighted by Gasteiger charge is 2.49. The average Bonchev–Trinajstić information content (AvgIpc) is 2.88. The first-order chi connectivity index (χ1) is 9.95. The molecule has 0 amide bonds. The number of ether oxygens (including phenoxy) is 2. The highest BCUT2D eigenvalue weighted by molar-refractivity contribution is 8.15. The Morgan fingerprint density at radius 2 is 2.05 bits per heavy atom. The third-order valence-corrected chi connectivity index (χ3v) is 6.86. The van der Waals surface area contributed by atoms with Gasteiger partial charge in [-0.1, -0.05) is 11.8 Å². The number of hydrogen-bond acceptors (Lipinski definition) is 6. The van der Waals surface area contributed by atoms with Gasteiger partial charge in [0.15, 0.2) is 15.0 Å². The standard InChI is InChI=1S/C13H16N2O4S2/c1-18-8-3-4-11(19-2)9(5-8)15-10-6-21(16,17)7-12(10)20-13(15)14/h3-5,10,12,14H,6-7H2,1-2H3/t10-,12-/m0/s1. The fourth-order valence-corrected chi connectivity index (χ4v) is 6.56. The van der Waals surface area contributed by atoms with Crippen LogP contribution in [-0.2, 0) is 9.84 Å². The van der Waals surface area contributed by atoms with E-state index in [0.29, 0.717) is 22.4 Å². The predicted octanol–water partition coefficient (Wildman–Crippen LogP) is 1.36. The predicted molar refractivity (Wildman–Crippen MR) is 83.6 cm³/mol. The zero-order valence-corrected chi connectivity index (χ0v) is 13.3. The number of methoxy groups -OCH3 is 2. The van der Waals surface area contributed by atoms with Crippen LogP contribution in [0.15, 0.2) is 18.2 Å². The summed E-state index contributed by atoms with van der Waals surface area (Å²) in [6.07, 6.45) is 0. The minimum Gasteiger partial charge on any atom is -0.497 e. The van der Waals surface area contributed by atoms with Crippen molar-refractivity contribution >= 4 is 32.5 Å². The Bertz CT molecular complexity index is 689. The summed E-state index contributed by atoms with van der Waals surface area (Å²) < 4.78 is 34.3. The summed E-state index contributed by atoms with van der Waals surface area (Å²) in [5, 5.41) is 8.44. The van der Waals surface area contributed by atoms with Crippen LogP contribution in [0.3, 0.4) is 0 Å². The lowest BCUT2D eigenvalue weighted by atomic mass is 10.2. The maximum Gasteiger partial charge on any atom is 0.161 e. The first kappa shape index (κ1) is 14.5. The van der Waals surface area contributed by atoms with Crippen LogP contribution in [0.1, 0.15) is 0 Å². The molecular formula is C13H16N2O4S2. The molecule has 0 radical (unpaired) electrons. The minimum absolute atomic E-state index is 0.0768. The quantitative estimate of drug-likeness (QED) is 0.902. The second kappa shape index (κ2) is 5.10. The summed E-state index contributed by atoms with van der Waals surface area (Å²) in [6, 6.07) is 5.11. The van der Waals surface area contributed by atoms with E-state index in [1.807, 2.05) is 0 Å². The molecule has 1 N–H and O–H groups in total. The van der Waals surface area contributed by atoms with E-state index in [9.17, 15) is 8.42 Å². The van der Waals surface area contributed by atoms with Gasteiger partial charge in [-0.3, -0.25) is 5.41 Å². The Morgan fingerprint density at radius 1 is 1.29 bits per heavy atom. The lowest BCUT2D eigenvalue weighted by Crippen LogP contribution is -2.37. The molecule has 2 atom stereocenters. The fraction of sp³-hybridized carbons (Fsp3) is 0.462. The van der Waals surface area contributed by atoms with Gasteiger partial charge in [0.1, 0.15) is 11.5 Å². The molecule has 21 heavy (non-hydrogen) atoms. The van der Waals surface area contributed by atoms with Crippen molar-refractivity contribution in [3.8, 4) is 11.5 Å². The SMILES string of the molecule is COc1ccc(OC)c(N2C(=N)S[C@H]3CS(=O)(=O)C[C@@H]32)c1. The number of anilines is 1. The molecule has 2 aliphatic heterocycles. The van der Waals surface area contributed by atoms with Crippen LogP contribution in [-0.4, -0.2) is 50.6 Å². The van der Waals surface area contributed by atoms with Crippen molar-refractivity contribution in [3.05, 3.63) is 18.2 Å². The van der Waals surface area contributed by atoms with Crippen LogP contribution in [0.4, 0.5) is 5.69 Å². The molecule has 0 saturated carbocycles. The van der Waals surface area contributed by atoms with Crippen molar-refractivity contribution in [2.45, 2.75) is 11.3 Å². The Kier molecular flexibility index (Phi) is 3.53. The van der Waals surface area contributed by atoms with Gasteiger partial charge in [-0.2, -0.15) is 0 Å². The van der Waals surface area contributed by atoms with Crippen LogP contribution < -0.4 is 14.4 Å². The van der Waals surface area contributed by atoms with Gasteiger partial charge in [-0.05, 0) is 12.1 Å². The molecule has 2 heterocycles. The van der Waals surface area contributed by atoms with Crippen LogP contribution in [0.2, 0.25) is 0 Å². The highest BCUT2D eigenvalue weighted by Crippen LogP contribution is 2.44. The van der Waals surface area contributed by atoms with E-state index in [4.69, 9.17) is 14.9 Å². The normalized spacial score (nSPS) is 26.8. The van der Waals surface area contributed by atoms with Crippen LogP contribution in [0.25, 0.3) is 0 Å². The van der Waals surface area contributed by atoms with Crippen molar-refractivity contribution < 1.29 is 17.9 Å². The Balaban J connectivity index is 2.04. The third-order valence-electron chi connectivity index (χ3n) is 3.73. The molecule has 2 aliphatic rings. The van der Waals surface area contributed by atoms with E-state index >= 15 is 0 Å². The van der Waals surface area contributed by atoms with Crippen molar-refractivity contribution in [1.82, 2.24) is 0 Å². The average molecular weight is 328 g/mol. The monoisotopic (exact) mass is 328 g/mol. The summed E-state index contributed by atoms with van der Waals surface area (Å²) in [5.41, 5.74) is 0.680. The van der Waals surface area contributed by atoms with Crippen molar-refractivity contribution in [2.75, 3.05) is 30.6 Å². The lowest BCUT2D eigenvalue weighted by Gasteiger charge is -2.26. The van der Waals surface area contributed by atoms with Gasteiger partial charge in [-0.25, -0.2) is 8.42 Å². The number of hydrogen-bond donors (Lipinski definition) is 1. The Labute approximate surface area is 127 Å². The third kappa shape index (κ3) is 2.46. The molecule has 0 bridgehead atoms. The zero-order chi connectivity index (χ0) is 15.2. The lowest BCUT2D eigenvalue weighted by molar-refractivity contribution is 0.403. The summed E-state index contributed by atoms with van der Waals surface area (Å²) in [7, 11) is 0.0882. The van der Waals surface area contributed by atoms with E-state index in [0.717, 1.165) is 0 Å². The van der Waals surface area contributed by atoms with Crippen molar-refractivity contribution in [2.24, 2.45) is 0 Å². The molecule has 0 spiro atoms. The maximum atomic E-state index is 11.8. The molecule has 2 fully saturated rings. The molecular weight excluding hydrogens is 312 g/mol. The first-order valence-corrected chi connectivity index (χ1v) is 9.12. The molecule has 8 heteroatoms. The number of sulfone groups is 1. The number of nitrogens with one attached hydrogen (secondary N) is 1. The maximum absolute atomic E-state index is 11.8. The molecule has 0 aliphatic carbocycles. The molecule has 114 valence electrons. The Hall–Kier alpha value is -1.41. The van der Waals surface area contributed by atoms with Gasteiger partial charge in [0.05, 0.1) is 37.5 Å². The van der Waals surface area contributed by atoms with Gasteiger partial charge in [0.2, 0.25) is 0 Å². The van der Waals surface area contributed by atoms with Gasteiger partial charge in [-0.15, -0.1) is 0 Å². The van der Waals surface area contributed by atoms with Crippen LogP contribution >= 0.6 is 11.8 Å². The van der Waals surface area contributed by atoms with Gasteiger partial charge in [0, 0.05) is 11.3 Å². The summed E-state index contributed by atoms with van der Waals surface area (Å²) in [5.74, 6) is 1.46. The summed E-state index contributed by atoms with van der Waals surface area (Å²) >= 11 is 1.31. The first-order valence-electron chi connectivity index (χ1n) is 6.42. The second-order valence-electron chi connectivity index (χ2n) is 5.01. The van der Waals surface area contributed by atoms with Gasteiger partial charge < -0.3 is 14.4 Å². The largest absolute Gasteiger partial charge is 0.497 e. The van der Waals surface area contributed by atoms with E-state index in [2.05, 4.69) is 0 Å². The smallest absolute Gasteiger partial charge is 0.161 e. The topological polar surface area (TPSA) is 79.7 Å². The molecule has 2 saturated heterocycles. The molecule has 3 rings (SSSR count). The Morgan fingerprint density at radius 3 is 2.71 bits per heavy atom. The number of benzene rings is 1. The van der Waals surface area contributed by atoms with Gasteiger partial charge in [0.25, 0.3) is 0 Å². The van der Waals surface area contributed by atoms with E-state index in [1.165, 1.54) is 11.8 Å². The van der Waals surface area contributed by atoms with E-state index in [1.54, 1.807) is 37.3 Å². The van der Waals surface area contributed by atoms with Gasteiger partial charge >= 0.3 is 0 Å². The number of nitrogens with zero attached hydrogens (tertiary/aromatic N) is 1. The minimum atomic E-state index is -3.04. The van der Waals surface area contributed by atoms with Crippen molar-refractivity contribution in [1.29, 1.82) is 5.41 Å². The van der Waals surface area contributed by atoms with E-state index in [-0.39, 0.29) is 22.8 Å². The molecule has 1 aromatic carbocycles. The fourth-order valence-electron chi connectivity index (χ4n) is 2.77. The number of amidine groups is 1. The number of fused-ring (bicyclic) bond motifs is 1. The van der Waals surface area contributed by atoms with Crippen LogP contribution in [0.5, 0.6) is 11.5 Å². The molecule has 1 aromatic rings. The number of thioether (sulfide) groups is 1. The zero-order valence-electron chi connectivity index (χ0n) is 11.7. The number of rotatable bonds is 3. The molecule has 0 unspecified atom stereocenters. The summed E-state index contributed by atoms with van der Waals surface area (Å²) in [4.78, 5) is 1.75. The molecule has 0 aromatic heterocycles. The molecule has 6 nitrogen and oxygen atoms in total. The van der Waals surface area contributed by atoms with Crippen LogP contribution in [0, 0.1) is 5.41 Å². The second-order valence-corrected chi connectivity index (χ2v) is 8.40. The summed E-state index contributed by atoms with van der Waals surface area (Å²) in [6.45, 7) is 0. The van der Waals surface area contributed by atoms with Crippen molar-refractivity contribution in [3.63, 3.8) is 0 Å². The van der Waals surface area contributed by atoms with E-state index < -0.39 is 9.84 Å². The highest BCUT2D eigenvalue weighted by atomic mass is 32.2.